The molecule has 220 valence electrons. The van der Waals surface area contributed by atoms with Gasteiger partial charge in [0.25, 0.3) is 5.91 Å². The van der Waals surface area contributed by atoms with Gasteiger partial charge in [-0.3, -0.25) is 14.7 Å². The number of amides is 1. The molecule has 0 atom stereocenters. The Bertz CT molecular complexity index is 1500. The second-order valence-electron chi connectivity index (χ2n) is 10.9. The molecule has 0 spiro atoms. The minimum Gasteiger partial charge on any atom is -0.490 e. The number of piperidine rings is 2. The summed E-state index contributed by atoms with van der Waals surface area (Å²) >= 11 is 1.37. The zero-order chi connectivity index (χ0) is 29.1. The number of pyridine rings is 1. The maximum absolute atomic E-state index is 13.0. The molecule has 1 amide bonds. The molecule has 6 rings (SSSR count). The molecule has 42 heavy (non-hydrogen) atoms. The number of hydrogen-bond donors (Lipinski definition) is 1. The molecule has 1 N–H and O–H groups in total. The Morgan fingerprint density at radius 3 is 2.36 bits per heavy atom. The Hall–Kier alpha value is -3.70. The number of hydrogen-bond acceptors (Lipinski definition) is 7. The van der Waals surface area contributed by atoms with Gasteiger partial charge in [0.05, 0.1) is 15.8 Å². The number of aromatic nitrogens is 2. The van der Waals surface area contributed by atoms with Gasteiger partial charge < -0.3 is 15.0 Å². The number of fused-ring (bicyclic) bond motifs is 1. The Morgan fingerprint density at radius 1 is 0.952 bits per heavy atom. The summed E-state index contributed by atoms with van der Waals surface area (Å²) in [6.07, 6.45) is 2.63. The van der Waals surface area contributed by atoms with E-state index in [0.29, 0.717) is 18.1 Å². The number of halogens is 3. The molecule has 0 aliphatic carbocycles. The third kappa shape index (κ3) is 6.84. The minimum atomic E-state index is -4.33. The second kappa shape index (κ2) is 12.3. The van der Waals surface area contributed by atoms with Crippen LogP contribution in [0.15, 0.2) is 67.0 Å². The number of likely N-dealkylation sites (tertiary alicyclic amines) is 1. The Morgan fingerprint density at radius 2 is 1.67 bits per heavy atom. The Labute approximate surface area is 246 Å². The number of alkyl halides is 3. The summed E-state index contributed by atoms with van der Waals surface area (Å²) in [4.78, 5) is 26.1. The van der Waals surface area contributed by atoms with Crippen LogP contribution < -0.4 is 15.0 Å². The summed E-state index contributed by atoms with van der Waals surface area (Å²) in [7, 11) is 0. The summed E-state index contributed by atoms with van der Waals surface area (Å²) < 4.78 is 45.7. The quantitative estimate of drug-likeness (QED) is 0.276. The minimum absolute atomic E-state index is 0.00765. The van der Waals surface area contributed by atoms with Gasteiger partial charge in [-0.15, -0.1) is 11.3 Å². The van der Waals surface area contributed by atoms with Crippen LogP contribution >= 0.6 is 11.3 Å². The highest BCUT2D eigenvalue weighted by atomic mass is 32.1. The van der Waals surface area contributed by atoms with E-state index in [4.69, 9.17) is 4.74 Å². The number of ether oxygens (including phenoxy) is 1. The fraction of sp³-hybridized carbons (Fsp3) is 0.387. The molecule has 2 saturated heterocycles. The van der Waals surface area contributed by atoms with Crippen molar-refractivity contribution in [3.8, 4) is 5.75 Å². The van der Waals surface area contributed by atoms with Crippen molar-refractivity contribution < 1.29 is 22.7 Å². The van der Waals surface area contributed by atoms with E-state index in [1.54, 1.807) is 0 Å². The first kappa shape index (κ1) is 28.4. The van der Waals surface area contributed by atoms with Crippen molar-refractivity contribution in [1.82, 2.24) is 20.2 Å². The molecule has 0 saturated carbocycles. The van der Waals surface area contributed by atoms with Crippen LogP contribution in [-0.2, 0) is 12.7 Å². The predicted octanol–water partition coefficient (Wildman–Crippen LogP) is 6.15. The van der Waals surface area contributed by atoms with Crippen molar-refractivity contribution >= 4 is 33.1 Å². The third-order valence-corrected chi connectivity index (χ3v) is 8.95. The number of carbonyl (C=O) groups is 1. The number of rotatable bonds is 7. The summed E-state index contributed by atoms with van der Waals surface area (Å²) in [6.45, 7) is 4.15. The molecule has 2 fully saturated rings. The lowest BCUT2D eigenvalue weighted by atomic mass is 10.0. The van der Waals surface area contributed by atoms with Crippen LogP contribution in [0.1, 0.15) is 46.6 Å². The normalized spacial score (nSPS) is 17.5. The topological polar surface area (TPSA) is 70.6 Å². The van der Waals surface area contributed by atoms with Crippen molar-refractivity contribution in [2.45, 2.75) is 50.6 Å². The highest BCUT2D eigenvalue weighted by Gasteiger charge is 2.30. The van der Waals surface area contributed by atoms with E-state index in [1.807, 2.05) is 42.7 Å². The molecule has 11 heteroatoms. The number of thiazole rings is 1. The molecule has 4 heterocycles. The summed E-state index contributed by atoms with van der Waals surface area (Å²) in [5.74, 6) is 0.592. The molecule has 0 radical (unpaired) electrons. The third-order valence-electron chi connectivity index (χ3n) is 7.94. The molecule has 2 aromatic heterocycles. The van der Waals surface area contributed by atoms with E-state index < -0.39 is 11.7 Å². The molecule has 0 unspecified atom stereocenters. The smallest absolute Gasteiger partial charge is 0.416 e. The fourth-order valence-electron chi connectivity index (χ4n) is 5.59. The standard InChI is InChI=1S/C31H32F3N5O2S/c32-31(33,34)22-1-3-24(4-2-22)39-17-11-25(12-18-39)41-26-5-6-27-28(19-26)42-30(37-27)29(40)36-23-9-15-38(16-10-23)20-21-7-13-35-14-8-21/h1-8,13-14,19,23,25H,9-12,15-18,20H2,(H,36,40). The van der Waals surface area contributed by atoms with Gasteiger partial charge in [0.15, 0.2) is 5.01 Å². The number of nitrogens with one attached hydrogen (secondary N) is 1. The van der Waals surface area contributed by atoms with Crippen LogP contribution in [0.4, 0.5) is 18.9 Å². The monoisotopic (exact) mass is 595 g/mol. The lowest BCUT2D eigenvalue weighted by Gasteiger charge is -2.33. The van der Waals surface area contributed by atoms with E-state index in [-0.39, 0.29) is 18.1 Å². The van der Waals surface area contributed by atoms with Crippen LogP contribution in [0.5, 0.6) is 5.75 Å². The zero-order valence-corrected chi connectivity index (χ0v) is 23.8. The van der Waals surface area contributed by atoms with Gasteiger partial charge in [0, 0.05) is 69.7 Å². The van der Waals surface area contributed by atoms with E-state index in [0.717, 1.165) is 79.1 Å². The van der Waals surface area contributed by atoms with Crippen LogP contribution in [0.2, 0.25) is 0 Å². The van der Waals surface area contributed by atoms with Gasteiger partial charge in [0.1, 0.15) is 11.9 Å². The number of carbonyl (C=O) groups excluding carboxylic acids is 1. The molecule has 0 bridgehead atoms. The van der Waals surface area contributed by atoms with E-state index in [1.165, 1.54) is 29.0 Å². The van der Waals surface area contributed by atoms with Crippen LogP contribution in [0.25, 0.3) is 10.2 Å². The SMILES string of the molecule is O=C(NC1CCN(Cc2ccncc2)CC1)c1nc2ccc(OC3CCN(c4ccc(C(F)(F)F)cc4)CC3)cc2s1. The summed E-state index contributed by atoms with van der Waals surface area (Å²) in [5, 5.41) is 3.62. The highest BCUT2D eigenvalue weighted by Crippen LogP contribution is 2.32. The lowest BCUT2D eigenvalue weighted by molar-refractivity contribution is -0.137. The van der Waals surface area contributed by atoms with Crippen LogP contribution in [0.3, 0.4) is 0 Å². The maximum Gasteiger partial charge on any atom is 0.416 e. The highest BCUT2D eigenvalue weighted by molar-refractivity contribution is 7.20. The van der Waals surface area contributed by atoms with E-state index >= 15 is 0 Å². The second-order valence-corrected chi connectivity index (χ2v) is 11.9. The molecule has 4 aromatic rings. The molecule has 7 nitrogen and oxygen atoms in total. The van der Waals surface area contributed by atoms with Crippen molar-refractivity contribution in [2.24, 2.45) is 0 Å². The first-order chi connectivity index (χ1) is 20.3. The lowest BCUT2D eigenvalue weighted by Crippen LogP contribution is -2.44. The van der Waals surface area contributed by atoms with Gasteiger partial charge in [-0.25, -0.2) is 4.98 Å². The average Bonchev–Trinajstić information content (AvgIpc) is 3.43. The first-order valence-electron chi connectivity index (χ1n) is 14.2. The largest absolute Gasteiger partial charge is 0.490 e. The van der Waals surface area contributed by atoms with Gasteiger partial charge in [-0.05, 0) is 73.0 Å². The van der Waals surface area contributed by atoms with Gasteiger partial charge in [-0.1, -0.05) is 0 Å². The van der Waals surface area contributed by atoms with E-state index in [2.05, 4.69) is 25.1 Å². The Kier molecular flexibility index (Phi) is 8.30. The fourth-order valence-corrected chi connectivity index (χ4v) is 6.49. The summed E-state index contributed by atoms with van der Waals surface area (Å²) in [5.41, 5.74) is 2.16. The molecular weight excluding hydrogens is 563 g/mol. The summed E-state index contributed by atoms with van der Waals surface area (Å²) in [6, 6.07) is 15.2. The van der Waals surface area contributed by atoms with Crippen molar-refractivity contribution in [3.05, 3.63) is 83.1 Å². The Balaban J connectivity index is 0.989. The van der Waals surface area contributed by atoms with Gasteiger partial charge in [0.2, 0.25) is 0 Å². The number of benzene rings is 2. The predicted molar refractivity (Wildman–Crippen MR) is 157 cm³/mol. The van der Waals surface area contributed by atoms with Crippen LogP contribution in [0, 0.1) is 0 Å². The molecule has 2 aromatic carbocycles. The van der Waals surface area contributed by atoms with E-state index in [9.17, 15) is 18.0 Å². The zero-order valence-electron chi connectivity index (χ0n) is 23.0. The van der Waals surface area contributed by atoms with Gasteiger partial charge >= 0.3 is 6.18 Å². The van der Waals surface area contributed by atoms with Crippen molar-refractivity contribution in [2.75, 3.05) is 31.1 Å². The average molecular weight is 596 g/mol. The first-order valence-corrected chi connectivity index (χ1v) is 15.0. The number of anilines is 1. The van der Waals surface area contributed by atoms with Crippen LogP contribution in [-0.4, -0.2) is 59.1 Å². The van der Waals surface area contributed by atoms with Gasteiger partial charge in [-0.2, -0.15) is 13.2 Å². The van der Waals surface area contributed by atoms with Crippen molar-refractivity contribution in [3.63, 3.8) is 0 Å². The molecule has 2 aliphatic heterocycles. The number of nitrogens with zero attached hydrogens (tertiary/aromatic N) is 4. The van der Waals surface area contributed by atoms with Crippen molar-refractivity contribution in [1.29, 1.82) is 0 Å². The molecule has 2 aliphatic rings. The molecular formula is C31H32F3N5O2S. The maximum atomic E-state index is 13.0.